The van der Waals surface area contributed by atoms with Crippen LogP contribution in [0.3, 0.4) is 0 Å². The molecule has 1 heterocycles. The van der Waals surface area contributed by atoms with Gasteiger partial charge in [0.2, 0.25) is 11.8 Å². The van der Waals surface area contributed by atoms with Gasteiger partial charge in [-0.1, -0.05) is 12.8 Å². The summed E-state index contributed by atoms with van der Waals surface area (Å²) in [6.45, 7) is 2.19. The molecule has 0 aromatic rings. The smallest absolute Gasteiger partial charge is 0.225 e. The third-order valence-electron chi connectivity index (χ3n) is 3.98. The van der Waals surface area contributed by atoms with Crippen molar-refractivity contribution in [1.29, 1.82) is 0 Å². The number of carbonyl (C=O) groups excluding carboxylic acids is 2. The average molecular weight is 283 g/mol. The van der Waals surface area contributed by atoms with Crippen molar-refractivity contribution in [2.45, 2.75) is 44.9 Å². The van der Waals surface area contributed by atoms with Gasteiger partial charge in [-0.3, -0.25) is 9.59 Å². The molecule has 1 aliphatic heterocycles. The first-order chi connectivity index (χ1) is 9.56. The number of carbonyl (C=O) groups is 2. The van der Waals surface area contributed by atoms with Crippen LogP contribution in [0, 0.1) is 5.92 Å². The number of nitrogens with zero attached hydrogens (tertiary/aromatic N) is 2. The quantitative estimate of drug-likeness (QED) is 0.714. The van der Waals surface area contributed by atoms with Crippen molar-refractivity contribution in [3.05, 3.63) is 0 Å². The van der Waals surface area contributed by atoms with Crippen LogP contribution in [0.2, 0.25) is 0 Å². The molecule has 0 aromatic carbocycles. The number of hydrogen-bond acceptors (Lipinski definition) is 3. The molecule has 0 saturated carbocycles. The van der Waals surface area contributed by atoms with E-state index in [2.05, 4.69) is 0 Å². The van der Waals surface area contributed by atoms with Crippen LogP contribution < -0.4 is 5.73 Å². The zero-order valence-electron chi connectivity index (χ0n) is 12.9. The van der Waals surface area contributed by atoms with E-state index in [1.54, 1.807) is 19.0 Å². The normalized spacial score (nSPS) is 16.2. The number of nitrogens with two attached hydrogens (primary N) is 1. The van der Waals surface area contributed by atoms with Crippen molar-refractivity contribution in [3.8, 4) is 0 Å². The summed E-state index contributed by atoms with van der Waals surface area (Å²) < 4.78 is 0. The fraction of sp³-hybridized carbons (Fsp3) is 0.867. The van der Waals surface area contributed by atoms with E-state index in [4.69, 9.17) is 5.73 Å². The Balaban J connectivity index is 2.20. The minimum Gasteiger partial charge on any atom is -0.349 e. The fourth-order valence-corrected chi connectivity index (χ4v) is 2.67. The van der Waals surface area contributed by atoms with Crippen LogP contribution in [0.1, 0.15) is 44.9 Å². The number of likely N-dealkylation sites (tertiary alicyclic amines) is 1. The Bertz CT molecular complexity index is 310. The van der Waals surface area contributed by atoms with Crippen LogP contribution in [0.15, 0.2) is 0 Å². The molecule has 5 heteroatoms. The van der Waals surface area contributed by atoms with Gasteiger partial charge in [0.25, 0.3) is 0 Å². The van der Waals surface area contributed by atoms with E-state index >= 15 is 0 Å². The Labute approximate surface area is 122 Å². The molecule has 2 N–H and O–H groups in total. The van der Waals surface area contributed by atoms with Crippen LogP contribution in [0.25, 0.3) is 0 Å². The summed E-state index contributed by atoms with van der Waals surface area (Å²) in [4.78, 5) is 27.5. The number of amides is 2. The second-order valence-corrected chi connectivity index (χ2v) is 5.84. The van der Waals surface area contributed by atoms with Gasteiger partial charge < -0.3 is 15.5 Å². The van der Waals surface area contributed by atoms with E-state index in [-0.39, 0.29) is 17.7 Å². The second-order valence-electron chi connectivity index (χ2n) is 5.84. The maximum atomic E-state index is 12.0. The lowest BCUT2D eigenvalue weighted by Crippen LogP contribution is -2.42. The second kappa shape index (κ2) is 8.95. The minimum atomic E-state index is 0.0959. The van der Waals surface area contributed by atoms with Gasteiger partial charge in [0.1, 0.15) is 0 Å². The molecule has 5 nitrogen and oxygen atoms in total. The lowest BCUT2D eigenvalue weighted by Gasteiger charge is -2.32. The summed E-state index contributed by atoms with van der Waals surface area (Å²) in [6, 6.07) is 0. The molecule has 20 heavy (non-hydrogen) atoms. The molecule has 0 spiro atoms. The number of unbranched alkanes of at least 4 members (excludes halogenated alkanes) is 3. The van der Waals surface area contributed by atoms with E-state index < -0.39 is 0 Å². The van der Waals surface area contributed by atoms with E-state index in [9.17, 15) is 9.59 Å². The van der Waals surface area contributed by atoms with Crippen LogP contribution >= 0.6 is 0 Å². The average Bonchev–Trinajstić information content (AvgIpc) is 2.46. The standard InChI is InChI=1S/C15H29N3O2/c1-17(2)15(20)13-8-11-18(12-9-13)14(19)7-5-3-4-6-10-16/h13H,3-12,16H2,1-2H3. The van der Waals surface area contributed by atoms with Crippen LogP contribution in [-0.4, -0.2) is 55.3 Å². The van der Waals surface area contributed by atoms with Gasteiger partial charge >= 0.3 is 0 Å². The predicted octanol–water partition coefficient (Wildman–Crippen LogP) is 1.22. The van der Waals surface area contributed by atoms with Gasteiger partial charge in [-0.25, -0.2) is 0 Å². The SMILES string of the molecule is CN(C)C(=O)C1CCN(C(=O)CCCCCCN)CC1. The van der Waals surface area contributed by atoms with Crippen molar-refractivity contribution >= 4 is 11.8 Å². The Morgan fingerprint density at radius 1 is 1.10 bits per heavy atom. The van der Waals surface area contributed by atoms with Gasteiger partial charge in [-0.2, -0.15) is 0 Å². The highest BCUT2D eigenvalue weighted by molar-refractivity contribution is 5.79. The van der Waals surface area contributed by atoms with Gasteiger partial charge in [0, 0.05) is 39.5 Å². The molecule has 0 bridgehead atoms. The summed E-state index contributed by atoms with van der Waals surface area (Å²) >= 11 is 0. The molecule has 0 aromatic heterocycles. The van der Waals surface area contributed by atoms with Crippen LogP contribution in [0.4, 0.5) is 0 Å². The molecule has 1 aliphatic rings. The molecule has 1 fully saturated rings. The summed E-state index contributed by atoms with van der Waals surface area (Å²) in [7, 11) is 3.59. The van der Waals surface area contributed by atoms with Crippen molar-refractivity contribution in [2.24, 2.45) is 11.7 Å². The van der Waals surface area contributed by atoms with Gasteiger partial charge in [-0.05, 0) is 32.2 Å². The maximum Gasteiger partial charge on any atom is 0.225 e. The molecule has 0 atom stereocenters. The summed E-state index contributed by atoms with van der Waals surface area (Å²) in [5, 5.41) is 0. The molecule has 1 saturated heterocycles. The van der Waals surface area contributed by atoms with Crippen LogP contribution in [-0.2, 0) is 9.59 Å². The minimum absolute atomic E-state index is 0.0959. The van der Waals surface area contributed by atoms with Gasteiger partial charge in [0.05, 0.1) is 0 Å². The summed E-state index contributed by atoms with van der Waals surface area (Å²) in [5.41, 5.74) is 5.44. The highest BCUT2D eigenvalue weighted by atomic mass is 16.2. The van der Waals surface area contributed by atoms with Gasteiger partial charge in [-0.15, -0.1) is 0 Å². The van der Waals surface area contributed by atoms with E-state index in [1.165, 1.54) is 0 Å². The van der Waals surface area contributed by atoms with Gasteiger partial charge in [0.15, 0.2) is 0 Å². The highest BCUT2D eigenvalue weighted by Gasteiger charge is 2.27. The predicted molar refractivity (Wildman–Crippen MR) is 80.1 cm³/mol. The molecular formula is C15H29N3O2. The van der Waals surface area contributed by atoms with Crippen molar-refractivity contribution < 1.29 is 9.59 Å². The van der Waals surface area contributed by atoms with Crippen molar-refractivity contribution in [3.63, 3.8) is 0 Å². The van der Waals surface area contributed by atoms with Crippen molar-refractivity contribution in [1.82, 2.24) is 9.80 Å². The molecule has 0 aliphatic carbocycles. The third kappa shape index (κ3) is 5.49. The van der Waals surface area contributed by atoms with E-state index in [0.717, 1.165) is 58.2 Å². The van der Waals surface area contributed by atoms with Crippen LogP contribution in [0.5, 0.6) is 0 Å². The summed E-state index contributed by atoms with van der Waals surface area (Å²) in [5.74, 6) is 0.533. The molecule has 116 valence electrons. The molecule has 0 unspecified atom stereocenters. The first-order valence-corrected chi connectivity index (χ1v) is 7.75. The Kier molecular flexibility index (Phi) is 7.59. The van der Waals surface area contributed by atoms with E-state index in [0.29, 0.717) is 6.42 Å². The number of hydrogen-bond donors (Lipinski definition) is 1. The molecule has 1 rings (SSSR count). The largest absolute Gasteiger partial charge is 0.349 e. The Morgan fingerprint density at radius 3 is 2.25 bits per heavy atom. The summed E-state index contributed by atoms with van der Waals surface area (Å²) in [6.07, 6.45) is 6.44. The molecular weight excluding hydrogens is 254 g/mol. The third-order valence-corrected chi connectivity index (χ3v) is 3.98. The monoisotopic (exact) mass is 283 g/mol. The van der Waals surface area contributed by atoms with Crippen molar-refractivity contribution in [2.75, 3.05) is 33.7 Å². The molecule has 0 radical (unpaired) electrons. The number of rotatable bonds is 7. The Hall–Kier alpha value is -1.10. The Morgan fingerprint density at radius 2 is 1.70 bits per heavy atom. The fourth-order valence-electron chi connectivity index (χ4n) is 2.67. The lowest BCUT2D eigenvalue weighted by molar-refractivity contribution is -0.139. The number of piperidine rings is 1. The maximum absolute atomic E-state index is 12.0. The molecule has 2 amide bonds. The topological polar surface area (TPSA) is 66.6 Å². The first kappa shape index (κ1) is 17.0. The highest BCUT2D eigenvalue weighted by Crippen LogP contribution is 2.20. The lowest BCUT2D eigenvalue weighted by atomic mass is 9.95. The zero-order valence-corrected chi connectivity index (χ0v) is 12.9. The first-order valence-electron chi connectivity index (χ1n) is 7.75. The van der Waals surface area contributed by atoms with E-state index in [1.807, 2.05) is 4.90 Å². The zero-order chi connectivity index (χ0) is 15.0.